The van der Waals surface area contributed by atoms with Gasteiger partial charge in [0.2, 0.25) is 5.75 Å². The third-order valence-electron chi connectivity index (χ3n) is 3.97. The Kier molecular flexibility index (Phi) is 5.53. The minimum Gasteiger partial charge on any atom is -0.493 e. The molecule has 138 valence electrons. The normalized spacial score (nSPS) is 12.9. The van der Waals surface area contributed by atoms with Crippen molar-refractivity contribution in [3.05, 3.63) is 52.1 Å². The summed E-state index contributed by atoms with van der Waals surface area (Å²) in [5.74, 6) is 0.965. The number of ether oxygens (including phenoxy) is 3. The molecular formula is C20H17ClN2O4. The molecule has 2 aromatic carbocycles. The Balaban J connectivity index is 1.91. The van der Waals surface area contributed by atoms with Crippen molar-refractivity contribution in [1.29, 1.82) is 5.26 Å². The highest BCUT2D eigenvalue weighted by Crippen LogP contribution is 2.40. The van der Waals surface area contributed by atoms with Crippen LogP contribution in [0.3, 0.4) is 0 Å². The first-order chi connectivity index (χ1) is 13.0. The molecule has 1 heterocycles. The first-order valence-electron chi connectivity index (χ1n) is 8.18. The van der Waals surface area contributed by atoms with Gasteiger partial charge in [-0.25, -0.2) is 0 Å². The summed E-state index contributed by atoms with van der Waals surface area (Å²) in [6.07, 6.45) is 1.47. The van der Waals surface area contributed by atoms with Crippen LogP contribution in [0, 0.1) is 18.3 Å². The van der Waals surface area contributed by atoms with E-state index in [1.807, 2.05) is 13.0 Å². The number of carbonyl (C=O) groups excluding carboxylic acids is 1. The Hall–Kier alpha value is -3.17. The molecule has 1 N–H and O–H groups in total. The summed E-state index contributed by atoms with van der Waals surface area (Å²) in [5, 5.41) is 12.6. The van der Waals surface area contributed by atoms with Crippen LogP contribution >= 0.6 is 11.6 Å². The summed E-state index contributed by atoms with van der Waals surface area (Å²) in [6, 6.07) is 10.5. The van der Waals surface area contributed by atoms with Crippen molar-refractivity contribution in [1.82, 2.24) is 0 Å². The van der Waals surface area contributed by atoms with Crippen molar-refractivity contribution in [2.75, 3.05) is 25.6 Å². The molecule has 7 heteroatoms. The van der Waals surface area contributed by atoms with Crippen LogP contribution in [0.2, 0.25) is 5.02 Å². The molecular weight excluding hydrogens is 368 g/mol. The SMILES string of the molecule is COc1cc(/C=C(\C#N)C(=O)Nc2cc(Cl)ccc2C)cc2c1OCCO2. The molecule has 0 aromatic heterocycles. The van der Waals surface area contributed by atoms with Gasteiger partial charge in [0, 0.05) is 10.7 Å². The van der Waals surface area contributed by atoms with Crippen molar-refractivity contribution in [2.45, 2.75) is 6.92 Å². The van der Waals surface area contributed by atoms with E-state index in [0.717, 1.165) is 5.56 Å². The number of methoxy groups -OCH3 is 1. The Morgan fingerprint density at radius 2 is 2.07 bits per heavy atom. The van der Waals surface area contributed by atoms with E-state index in [9.17, 15) is 10.1 Å². The van der Waals surface area contributed by atoms with Crippen molar-refractivity contribution in [3.8, 4) is 23.3 Å². The molecule has 0 atom stereocenters. The van der Waals surface area contributed by atoms with E-state index in [1.165, 1.54) is 13.2 Å². The Morgan fingerprint density at radius 1 is 1.30 bits per heavy atom. The van der Waals surface area contributed by atoms with E-state index in [2.05, 4.69) is 5.32 Å². The minimum atomic E-state index is -0.531. The second-order valence-electron chi connectivity index (χ2n) is 5.83. The number of fused-ring (bicyclic) bond motifs is 1. The average Bonchev–Trinajstić information content (AvgIpc) is 2.68. The van der Waals surface area contributed by atoms with Gasteiger partial charge in [-0.2, -0.15) is 5.26 Å². The fraction of sp³-hybridized carbons (Fsp3) is 0.200. The number of nitrogens with zero attached hydrogens (tertiary/aromatic N) is 1. The lowest BCUT2D eigenvalue weighted by molar-refractivity contribution is -0.112. The van der Waals surface area contributed by atoms with Crippen LogP contribution in [0.5, 0.6) is 17.2 Å². The van der Waals surface area contributed by atoms with E-state index >= 15 is 0 Å². The standard InChI is InChI=1S/C20H17ClN2O4/c1-12-3-4-15(21)10-16(12)23-20(24)14(11-22)7-13-8-17(25-2)19-18(9-13)26-5-6-27-19/h3-4,7-10H,5-6H2,1-2H3,(H,23,24)/b14-7+. The summed E-state index contributed by atoms with van der Waals surface area (Å²) in [4.78, 5) is 12.5. The number of carbonyl (C=O) groups is 1. The predicted octanol–water partition coefficient (Wildman–Crippen LogP) is 3.97. The number of hydrogen-bond donors (Lipinski definition) is 1. The molecule has 0 radical (unpaired) electrons. The molecule has 1 aliphatic heterocycles. The predicted molar refractivity (Wildman–Crippen MR) is 102 cm³/mol. The Bertz CT molecular complexity index is 946. The maximum absolute atomic E-state index is 12.5. The third kappa shape index (κ3) is 4.15. The molecule has 1 aliphatic rings. The number of amides is 1. The number of halogens is 1. The maximum atomic E-state index is 12.5. The van der Waals surface area contributed by atoms with Crippen LogP contribution in [0.15, 0.2) is 35.9 Å². The summed E-state index contributed by atoms with van der Waals surface area (Å²) < 4.78 is 16.5. The van der Waals surface area contributed by atoms with Gasteiger partial charge in [0.15, 0.2) is 11.5 Å². The van der Waals surface area contributed by atoms with Crippen molar-refractivity contribution < 1.29 is 19.0 Å². The zero-order valence-electron chi connectivity index (χ0n) is 14.8. The molecule has 0 fully saturated rings. The number of anilines is 1. The largest absolute Gasteiger partial charge is 0.493 e. The highest BCUT2D eigenvalue weighted by atomic mass is 35.5. The van der Waals surface area contributed by atoms with Gasteiger partial charge in [-0.15, -0.1) is 0 Å². The van der Waals surface area contributed by atoms with Crippen molar-refractivity contribution >= 4 is 29.3 Å². The van der Waals surface area contributed by atoms with Gasteiger partial charge in [0.25, 0.3) is 5.91 Å². The first kappa shape index (κ1) is 18.6. The molecule has 6 nitrogen and oxygen atoms in total. The quantitative estimate of drug-likeness (QED) is 0.637. The molecule has 3 rings (SSSR count). The summed E-state index contributed by atoms with van der Waals surface area (Å²) in [5.41, 5.74) is 1.91. The smallest absolute Gasteiger partial charge is 0.266 e. The number of rotatable bonds is 4. The molecule has 2 aromatic rings. The van der Waals surface area contributed by atoms with Crippen molar-refractivity contribution in [3.63, 3.8) is 0 Å². The number of nitrogens with one attached hydrogen (secondary N) is 1. The number of nitriles is 1. The fourth-order valence-electron chi connectivity index (χ4n) is 2.61. The van der Waals surface area contributed by atoms with E-state index < -0.39 is 5.91 Å². The molecule has 0 saturated heterocycles. The van der Waals surface area contributed by atoms with Gasteiger partial charge in [-0.05, 0) is 48.4 Å². The lowest BCUT2D eigenvalue weighted by Gasteiger charge is -2.21. The van der Waals surface area contributed by atoms with Crippen LogP contribution in [0.4, 0.5) is 5.69 Å². The molecule has 0 spiro atoms. The highest BCUT2D eigenvalue weighted by Gasteiger charge is 2.19. The van der Waals surface area contributed by atoms with Crippen LogP contribution in [-0.4, -0.2) is 26.2 Å². The first-order valence-corrected chi connectivity index (χ1v) is 8.56. The zero-order chi connectivity index (χ0) is 19.4. The second kappa shape index (κ2) is 8.02. The second-order valence-corrected chi connectivity index (χ2v) is 6.27. The van der Waals surface area contributed by atoms with Gasteiger partial charge >= 0.3 is 0 Å². The van der Waals surface area contributed by atoms with Gasteiger partial charge < -0.3 is 19.5 Å². The zero-order valence-corrected chi connectivity index (χ0v) is 15.6. The Labute approximate surface area is 161 Å². The van der Waals surface area contributed by atoms with Crippen LogP contribution in [0.1, 0.15) is 11.1 Å². The average molecular weight is 385 g/mol. The van der Waals surface area contributed by atoms with Crippen LogP contribution in [0.25, 0.3) is 6.08 Å². The molecule has 1 amide bonds. The van der Waals surface area contributed by atoms with E-state index in [-0.39, 0.29) is 5.57 Å². The van der Waals surface area contributed by atoms with E-state index in [1.54, 1.807) is 30.3 Å². The van der Waals surface area contributed by atoms with E-state index in [0.29, 0.717) is 46.7 Å². The fourth-order valence-corrected chi connectivity index (χ4v) is 2.78. The van der Waals surface area contributed by atoms with Crippen LogP contribution < -0.4 is 19.5 Å². The summed E-state index contributed by atoms with van der Waals surface area (Å²) in [6.45, 7) is 2.69. The molecule has 0 bridgehead atoms. The van der Waals surface area contributed by atoms with Gasteiger partial charge in [-0.3, -0.25) is 4.79 Å². The minimum absolute atomic E-state index is 0.0619. The monoisotopic (exact) mass is 384 g/mol. The molecule has 27 heavy (non-hydrogen) atoms. The van der Waals surface area contributed by atoms with Crippen molar-refractivity contribution in [2.24, 2.45) is 0 Å². The Morgan fingerprint density at radius 3 is 2.81 bits per heavy atom. The molecule has 0 aliphatic carbocycles. The maximum Gasteiger partial charge on any atom is 0.266 e. The van der Waals surface area contributed by atoms with Crippen LogP contribution in [-0.2, 0) is 4.79 Å². The van der Waals surface area contributed by atoms with Gasteiger partial charge in [-0.1, -0.05) is 17.7 Å². The number of aryl methyl sites for hydroxylation is 1. The molecule has 0 saturated carbocycles. The highest BCUT2D eigenvalue weighted by molar-refractivity contribution is 6.31. The number of hydrogen-bond acceptors (Lipinski definition) is 5. The summed E-state index contributed by atoms with van der Waals surface area (Å²) >= 11 is 5.97. The lowest BCUT2D eigenvalue weighted by Crippen LogP contribution is -2.16. The van der Waals surface area contributed by atoms with E-state index in [4.69, 9.17) is 25.8 Å². The third-order valence-corrected chi connectivity index (χ3v) is 4.21. The van der Waals surface area contributed by atoms with Gasteiger partial charge in [0.1, 0.15) is 24.9 Å². The topological polar surface area (TPSA) is 80.6 Å². The van der Waals surface area contributed by atoms with Gasteiger partial charge in [0.05, 0.1) is 7.11 Å². The molecule has 0 unspecified atom stereocenters. The lowest BCUT2D eigenvalue weighted by atomic mass is 10.1. The summed E-state index contributed by atoms with van der Waals surface area (Å²) in [7, 11) is 1.51. The number of benzene rings is 2.